The number of halogens is 4. The number of likely N-dealkylation sites (tertiary alicyclic amines) is 1. The summed E-state index contributed by atoms with van der Waals surface area (Å²) in [6.07, 6.45) is -2.85. The number of hydrogen-bond donors (Lipinski definition) is 1. The molecule has 2 aliphatic rings. The van der Waals surface area contributed by atoms with Crippen molar-refractivity contribution in [2.45, 2.75) is 44.4 Å². The van der Waals surface area contributed by atoms with E-state index < -0.39 is 18.3 Å². The SMILES string of the molecule is CC1CCN(C(=O)c2cc3n(n2)[C@@H](C(F)(F)F)C[C@@H](c2ccc(Br)cc2)N3)CC1. The molecule has 0 radical (unpaired) electrons. The lowest BCUT2D eigenvalue weighted by Crippen LogP contribution is -2.38. The Balaban J connectivity index is 1.63. The average Bonchev–Trinajstić information content (AvgIpc) is 3.11. The molecule has 0 unspecified atom stereocenters. The number of piperidine rings is 1. The smallest absolute Gasteiger partial charge is 0.363 e. The normalized spacial score (nSPS) is 22.9. The van der Waals surface area contributed by atoms with Crippen molar-refractivity contribution in [3.05, 3.63) is 46.1 Å². The maximum absolute atomic E-state index is 13.8. The molecule has 2 aromatic rings. The van der Waals surface area contributed by atoms with E-state index in [9.17, 15) is 18.0 Å². The number of rotatable bonds is 2. The fourth-order valence-electron chi connectivity index (χ4n) is 3.97. The van der Waals surface area contributed by atoms with Gasteiger partial charge in [0.2, 0.25) is 0 Å². The van der Waals surface area contributed by atoms with E-state index >= 15 is 0 Å². The zero-order chi connectivity index (χ0) is 20.8. The van der Waals surface area contributed by atoms with Crippen LogP contribution in [-0.2, 0) is 0 Å². The third-order valence-corrected chi connectivity index (χ3v) is 6.28. The molecule has 1 N–H and O–H groups in total. The van der Waals surface area contributed by atoms with Crippen LogP contribution in [0.2, 0.25) is 0 Å². The molecule has 1 saturated heterocycles. The second kappa shape index (κ2) is 7.66. The summed E-state index contributed by atoms with van der Waals surface area (Å²) < 4.78 is 43.2. The van der Waals surface area contributed by atoms with Gasteiger partial charge in [0.25, 0.3) is 5.91 Å². The number of fused-ring (bicyclic) bond motifs is 1. The van der Waals surface area contributed by atoms with Crippen LogP contribution in [0.3, 0.4) is 0 Å². The average molecular weight is 471 g/mol. The van der Waals surface area contributed by atoms with Gasteiger partial charge in [-0.2, -0.15) is 18.3 Å². The number of anilines is 1. The highest BCUT2D eigenvalue weighted by Crippen LogP contribution is 2.43. The summed E-state index contributed by atoms with van der Waals surface area (Å²) in [5, 5.41) is 7.20. The van der Waals surface area contributed by atoms with Gasteiger partial charge < -0.3 is 10.2 Å². The van der Waals surface area contributed by atoms with E-state index in [-0.39, 0.29) is 23.8 Å². The van der Waals surface area contributed by atoms with Crippen LogP contribution >= 0.6 is 15.9 Å². The van der Waals surface area contributed by atoms with Gasteiger partial charge >= 0.3 is 6.18 Å². The Morgan fingerprint density at radius 3 is 2.48 bits per heavy atom. The number of benzene rings is 1. The second-order valence-electron chi connectivity index (χ2n) is 7.88. The lowest BCUT2D eigenvalue weighted by Gasteiger charge is -2.33. The Bertz CT molecular complexity index is 888. The fourth-order valence-corrected chi connectivity index (χ4v) is 4.23. The quantitative estimate of drug-likeness (QED) is 0.657. The molecule has 0 bridgehead atoms. The van der Waals surface area contributed by atoms with E-state index in [0.29, 0.717) is 19.0 Å². The summed E-state index contributed by atoms with van der Waals surface area (Å²) in [5.41, 5.74) is 0.820. The van der Waals surface area contributed by atoms with Crippen LogP contribution in [0.1, 0.15) is 54.3 Å². The van der Waals surface area contributed by atoms with Crippen molar-refractivity contribution in [1.29, 1.82) is 0 Å². The predicted molar refractivity (Wildman–Crippen MR) is 107 cm³/mol. The Morgan fingerprint density at radius 1 is 1.21 bits per heavy atom. The molecule has 0 saturated carbocycles. The Labute approximate surface area is 175 Å². The minimum Gasteiger partial charge on any atom is -0.363 e. The summed E-state index contributed by atoms with van der Waals surface area (Å²) >= 11 is 3.34. The molecule has 1 fully saturated rings. The van der Waals surface area contributed by atoms with Crippen LogP contribution in [0.4, 0.5) is 19.0 Å². The minimum atomic E-state index is -4.46. The lowest BCUT2D eigenvalue weighted by atomic mass is 9.97. The molecule has 4 rings (SSSR count). The summed E-state index contributed by atoms with van der Waals surface area (Å²) in [7, 11) is 0. The van der Waals surface area contributed by atoms with Crippen molar-refractivity contribution in [2.75, 3.05) is 18.4 Å². The van der Waals surface area contributed by atoms with Gasteiger partial charge in [-0.3, -0.25) is 4.79 Å². The van der Waals surface area contributed by atoms with Crippen molar-refractivity contribution in [3.63, 3.8) is 0 Å². The standard InChI is InChI=1S/C20H22BrF3N4O/c1-12-6-8-27(9-7-12)19(29)16-11-18-25-15(13-2-4-14(21)5-3-13)10-17(20(22,23)24)28(18)26-16/h2-5,11-12,15,17,25H,6-10H2,1H3/t15-,17+/m0/s1. The maximum Gasteiger partial charge on any atom is 0.410 e. The topological polar surface area (TPSA) is 50.2 Å². The first-order valence-electron chi connectivity index (χ1n) is 9.70. The predicted octanol–water partition coefficient (Wildman–Crippen LogP) is 5.18. The van der Waals surface area contributed by atoms with Gasteiger partial charge in [0.15, 0.2) is 11.7 Å². The molecule has 3 heterocycles. The summed E-state index contributed by atoms with van der Waals surface area (Å²) in [4.78, 5) is 14.5. The summed E-state index contributed by atoms with van der Waals surface area (Å²) in [5.74, 6) is 0.471. The van der Waals surface area contributed by atoms with Crippen molar-refractivity contribution >= 4 is 27.7 Å². The van der Waals surface area contributed by atoms with Gasteiger partial charge in [-0.25, -0.2) is 4.68 Å². The van der Waals surface area contributed by atoms with Gasteiger partial charge in [0.1, 0.15) is 5.82 Å². The molecule has 29 heavy (non-hydrogen) atoms. The number of nitrogens with one attached hydrogen (secondary N) is 1. The van der Waals surface area contributed by atoms with Gasteiger partial charge in [-0.05, 0) is 36.5 Å². The zero-order valence-electron chi connectivity index (χ0n) is 15.9. The number of amides is 1. The Kier molecular flexibility index (Phi) is 5.35. The molecule has 2 atom stereocenters. The maximum atomic E-state index is 13.8. The molecular weight excluding hydrogens is 449 g/mol. The van der Waals surface area contributed by atoms with Crippen LogP contribution in [0, 0.1) is 5.92 Å². The van der Waals surface area contributed by atoms with Crippen molar-refractivity contribution in [1.82, 2.24) is 14.7 Å². The highest BCUT2D eigenvalue weighted by atomic mass is 79.9. The van der Waals surface area contributed by atoms with E-state index in [1.54, 1.807) is 29.2 Å². The van der Waals surface area contributed by atoms with Gasteiger partial charge in [-0.1, -0.05) is 35.0 Å². The third kappa shape index (κ3) is 4.15. The zero-order valence-corrected chi connectivity index (χ0v) is 17.5. The second-order valence-corrected chi connectivity index (χ2v) is 8.79. The summed E-state index contributed by atoms with van der Waals surface area (Å²) in [6.45, 7) is 3.36. The van der Waals surface area contributed by atoms with E-state index in [0.717, 1.165) is 27.6 Å². The summed E-state index contributed by atoms with van der Waals surface area (Å²) in [6, 6.07) is 6.34. The van der Waals surface area contributed by atoms with E-state index in [1.165, 1.54) is 6.07 Å². The number of hydrogen-bond acceptors (Lipinski definition) is 3. The minimum absolute atomic E-state index is 0.0627. The number of carbonyl (C=O) groups excluding carboxylic acids is 1. The first-order valence-corrected chi connectivity index (χ1v) is 10.5. The van der Waals surface area contributed by atoms with Crippen LogP contribution in [0.25, 0.3) is 0 Å². The fraction of sp³-hybridized carbons (Fsp3) is 0.500. The Morgan fingerprint density at radius 2 is 1.86 bits per heavy atom. The van der Waals surface area contributed by atoms with E-state index in [4.69, 9.17) is 0 Å². The molecule has 0 spiro atoms. The number of nitrogens with zero attached hydrogens (tertiary/aromatic N) is 3. The molecule has 0 aliphatic carbocycles. The van der Waals surface area contributed by atoms with Crippen LogP contribution in [0.5, 0.6) is 0 Å². The molecule has 1 aromatic heterocycles. The molecular formula is C20H22BrF3N4O. The Hall–Kier alpha value is -2.03. The first kappa shape index (κ1) is 20.3. The van der Waals surface area contributed by atoms with Gasteiger partial charge in [0, 0.05) is 30.0 Å². The molecule has 1 amide bonds. The third-order valence-electron chi connectivity index (χ3n) is 5.75. The molecule has 2 aliphatic heterocycles. The lowest BCUT2D eigenvalue weighted by molar-refractivity contribution is -0.173. The van der Waals surface area contributed by atoms with Crippen LogP contribution in [-0.4, -0.2) is 39.9 Å². The van der Waals surface area contributed by atoms with Crippen molar-refractivity contribution < 1.29 is 18.0 Å². The highest BCUT2D eigenvalue weighted by Gasteiger charge is 2.47. The van der Waals surface area contributed by atoms with Crippen molar-refractivity contribution in [2.24, 2.45) is 5.92 Å². The van der Waals surface area contributed by atoms with E-state index in [2.05, 4.69) is 33.3 Å². The molecule has 156 valence electrons. The monoisotopic (exact) mass is 470 g/mol. The molecule has 1 aromatic carbocycles. The largest absolute Gasteiger partial charge is 0.410 e. The number of aromatic nitrogens is 2. The van der Waals surface area contributed by atoms with E-state index in [1.807, 2.05) is 0 Å². The van der Waals surface area contributed by atoms with Gasteiger partial charge in [-0.15, -0.1) is 0 Å². The van der Waals surface area contributed by atoms with Crippen molar-refractivity contribution in [3.8, 4) is 0 Å². The number of carbonyl (C=O) groups is 1. The molecule has 5 nitrogen and oxygen atoms in total. The van der Waals surface area contributed by atoms with Crippen LogP contribution < -0.4 is 5.32 Å². The van der Waals surface area contributed by atoms with Crippen LogP contribution in [0.15, 0.2) is 34.8 Å². The molecule has 9 heteroatoms. The first-order chi connectivity index (χ1) is 13.7. The number of alkyl halides is 3. The highest BCUT2D eigenvalue weighted by molar-refractivity contribution is 9.10. The van der Waals surface area contributed by atoms with Gasteiger partial charge in [0.05, 0.1) is 6.04 Å².